The van der Waals surface area contributed by atoms with Gasteiger partial charge in [0.05, 0.1) is 7.11 Å². The summed E-state index contributed by atoms with van der Waals surface area (Å²) < 4.78 is 25.4. The average Bonchev–Trinajstić information content (AvgIpc) is 2.87. The van der Waals surface area contributed by atoms with E-state index >= 15 is 0 Å². The van der Waals surface area contributed by atoms with Crippen LogP contribution in [0, 0.1) is 5.82 Å². The molecule has 0 saturated carbocycles. The predicted molar refractivity (Wildman–Crippen MR) is 137 cm³/mol. The van der Waals surface area contributed by atoms with E-state index in [9.17, 15) is 4.39 Å². The molecule has 1 unspecified atom stereocenters. The summed E-state index contributed by atoms with van der Waals surface area (Å²) in [6, 6.07) is 23.3. The Hall–Kier alpha value is -3.05. The third-order valence-electron chi connectivity index (χ3n) is 6.55. The van der Waals surface area contributed by atoms with E-state index in [1.54, 1.807) is 7.11 Å². The van der Waals surface area contributed by atoms with Crippen molar-refractivity contribution in [3.8, 4) is 11.5 Å². The standard InChI is InChI=1S/C29H35FN2O2/c1-22(2)27-9-4-5-10-29(27)34-28(23-7-6-8-26(21-23)33-3)15-16-31-17-19-32(20-18-31)25-13-11-24(30)12-14-25/h4-14,21-22,28H,15-20H2,1-3H3. The molecule has 0 aliphatic carbocycles. The summed E-state index contributed by atoms with van der Waals surface area (Å²) >= 11 is 0. The Morgan fingerprint density at radius 2 is 1.62 bits per heavy atom. The third kappa shape index (κ3) is 6.09. The molecule has 3 aromatic carbocycles. The zero-order valence-electron chi connectivity index (χ0n) is 20.4. The van der Waals surface area contributed by atoms with Gasteiger partial charge in [-0.1, -0.05) is 44.2 Å². The van der Waals surface area contributed by atoms with Crippen LogP contribution in [0.25, 0.3) is 0 Å². The minimum Gasteiger partial charge on any atom is -0.497 e. The molecule has 1 aliphatic heterocycles. The van der Waals surface area contributed by atoms with E-state index in [-0.39, 0.29) is 11.9 Å². The Morgan fingerprint density at radius 1 is 0.882 bits per heavy atom. The second-order valence-electron chi connectivity index (χ2n) is 9.17. The lowest BCUT2D eigenvalue weighted by molar-refractivity contribution is 0.158. The lowest BCUT2D eigenvalue weighted by Gasteiger charge is -2.36. The van der Waals surface area contributed by atoms with Crippen molar-refractivity contribution in [2.75, 3.05) is 44.7 Å². The van der Waals surface area contributed by atoms with Gasteiger partial charge in [-0.3, -0.25) is 4.90 Å². The van der Waals surface area contributed by atoms with E-state index < -0.39 is 0 Å². The molecule has 4 rings (SSSR count). The van der Waals surface area contributed by atoms with E-state index in [2.05, 4.69) is 54.0 Å². The number of hydrogen-bond donors (Lipinski definition) is 0. The first-order valence-electron chi connectivity index (χ1n) is 12.2. The molecule has 5 heteroatoms. The number of methoxy groups -OCH3 is 1. The lowest BCUT2D eigenvalue weighted by atomic mass is 10.0. The fraction of sp³-hybridized carbons (Fsp3) is 0.379. The molecule has 1 saturated heterocycles. The predicted octanol–water partition coefficient (Wildman–Crippen LogP) is 6.29. The number of anilines is 1. The molecule has 0 bridgehead atoms. The second-order valence-corrected chi connectivity index (χ2v) is 9.17. The van der Waals surface area contributed by atoms with Crippen molar-refractivity contribution in [3.05, 3.63) is 89.7 Å². The summed E-state index contributed by atoms with van der Waals surface area (Å²) in [4.78, 5) is 4.82. The van der Waals surface area contributed by atoms with Gasteiger partial charge in [-0.15, -0.1) is 0 Å². The lowest BCUT2D eigenvalue weighted by Crippen LogP contribution is -2.46. The van der Waals surface area contributed by atoms with Gasteiger partial charge in [-0.2, -0.15) is 0 Å². The fourth-order valence-corrected chi connectivity index (χ4v) is 4.53. The normalized spacial score (nSPS) is 15.4. The highest BCUT2D eigenvalue weighted by molar-refractivity contribution is 5.46. The summed E-state index contributed by atoms with van der Waals surface area (Å²) in [5.74, 6) is 1.99. The van der Waals surface area contributed by atoms with Crippen LogP contribution in [-0.4, -0.2) is 44.7 Å². The first-order chi connectivity index (χ1) is 16.5. The largest absolute Gasteiger partial charge is 0.497 e. The molecule has 3 aromatic rings. The van der Waals surface area contributed by atoms with Crippen molar-refractivity contribution in [3.63, 3.8) is 0 Å². The number of piperazine rings is 1. The summed E-state index contributed by atoms with van der Waals surface area (Å²) in [6.07, 6.45) is 0.820. The van der Waals surface area contributed by atoms with E-state index in [1.165, 1.54) is 17.7 Å². The maximum absolute atomic E-state index is 13.3. The Labute approximate surface area is 202 Å². The van der Waals surface area contributed by atoms with Crippen LogP contribution in [0.15, 0.2) is 72.8 Å². The third-order valence-corrected chi connectivity index (χ3v) is 6.55. The summed E-state index contributed by atoms with van der Waals surface area (Å²) in [7, 11) is 1.70. The first kappa shape index (κ1) is 24.1. The van der Waals surface area contributed by atoms with Crippen LogP contribution < -0.4 is 14.4 Å². The van der Waals surface area contributed by atoms with Gasteiger partial charge >= 0.3 is 0 Å². The van der Waals surface area contributed by atoms with Crippen molar-refractivity contribution in [2.24, 2.45) is 0 Å². The Balaban J connectivity index is 1.43. The molecule has 180 valence electrons. The minimum atomic E-state index is -0.190. The van der Waals surface area contributed by atoms with Crippen LogP contribution in [0.2, 0.25) is 0 Å². The van der Waals surface area contributed by atoms with Crippen molar-refractivity contribution >= 4 is 5.69 Å². The van der Waals surface area contributed by atoms with Gasteiger partial charge in [-0.05, 0) is 59.5 Å². The number of rotatable bonds is 9. The number of hydrogen-bond acceptors (Lipinski definition) is 4. The maximum Gasteiger partial charge on any atom is 0.125 e. The van der Waals surface area contributed by atoms with Gasteiger partial charge in [0.15, 0.2) is 0 Å². The molecule has 1 aliphatic rings. The summed E-state index contributed by atoms with van der Waals surface area (Å²) in [6.45, 7) is 9.17. The number of ether oxygens (including phenoxy) is 2. The maximum atomic E-state index is 13.3. The van der Waals surface area contributed by atoms with Crippen molar-refractivity contribution in [2.45, 2.75) is 32.3 Å². The molecular weight excluding hydrogens is 427 g/mol. The van der Waals surface area contributed by atoms with Crippen LogP contribution in [-0.2, 0) is 0 Å². The number of benzene rings is 3. The molecule has 1 heterocycles. The summed E-state index contributed by atoms with van der Waals surface area (Å²) in [5.41, 5.74) is 3.44. The highest BCUT2D eigenvalue weighted by Crippen LogP contribution is 2.33. The average molecular weight is 463 g/mol. The van der Waals surface area contributed by atoms with E-state index in [0.29, 0.717) is 5.92 Å². The van der Waals surface area contributed by atoms with Crippen LogP contribution >= 0.6 is 0 Å². The Bertz CT molecular complexity index is 1050. The van der Waals surface area contributed by atoms with Crippen molar-refractivity contribution < 1.29 is 13.9 Å². The van der Waals surface area contributed by atoms with E-state index in [0.717, 1.165) is 61.9 Å². The van der Waals surface area contributed by atoms with Crippen molar-refractivity contribution in [1.82, 2.24) is 4.90 Å². The van der Waals surface area contributed by atoms with E-state index in [4.69, 9.17) is 9.47 Å². The van der Waals surface area contributed by atoms with Gasteiger partial charge in [0.1, 0.15) is 23.4 Å². The highest BCUT2D eigenvalue weighted by Gasteiger charge is 2.21. The van der Waals surface area contributed by atoms with Crippen LogP contribution in [0.5, 0.6) is 11.5 Å². The zero-order chi connectivity index (χ0) is 23.9. The SMILES string of the molecule is COc1cccc(C(CCN2CCN(c3ccc(F)cc3)CC2)Oc2ccccc2C(C)C)c1. The van der Waals surface area contributed by atoms with Crippen LogP contribution in [0.4, 0.5) is 10.1 Å². The summed E-state index contributed by atoms with van der Waals surface area (Å²) in [5, 5.41) is 0. The molecule has 0 aromatic heterocycles. The quantitative estimate of drug-likeness (QED) is 0.373. The molecule has 34 heavy (non-hydrogen) atoms. The molecule has 0 radical (unpaired) electrons. The monoisotopic (exact) mass is 462 g/mol. The molecule has 0 amide bonds. The van der Waals surface area contributed by atoms with Gasteiger partial charge in [-0.25, -0.2) is 4.39 Å². The zero-order valence-corrected chi connectivity index (χ0v) is 20.4. The van der Waals surface area contributed by atoms with E-state index in [1.807, 2.05) is 30.3 Å². The van der Waals surface area contributed by atoms with Crippen LogP contribution in [0.3, 0.4) is 0 Å². The molecule has 1 atom stereocenters. The minimum absolute atomic E-state index is 0.0647. The highest BCUT2D eigenvalue weighted by atomic mass is 19.1. The molecule has 0 spiro atoms. The molecule has 4 nitrogen and oxygen atoms in total. The topological polar surface area (TPSA) is 24.9 Å². The number of halogens is 1. The van der Waals surface area contributed by atoms with Gasteiger partial charge < -0.3 is 14.4 Å². The molecule has 1 fully saturated rings. The van der Waals surface area contributed by atoms with Gasteiger partial charge in [0.25, 0.3) is 0 Å². The van der Waals surface area contributed by atoms with Gasteiger partial charge in [0, 0.05) is 44.8 Å². The van der Waals surface area contributed by atoms with Crippen molar-refractivity contribution in [1.29, 1.82) is 0 Å². The number of para-hydroxylation sites is 1. The molecular formula is C29H35FN2O2. The van der Waals surface area contributed by atoms with Crippen LogP contribution in [0.1, 0.15) is 43.4 Å². The number of nitrogens with zero attached hydrogens (tertiary/aromatic N) is 2. The first-order valence-corrected chi connectivity index (χ1v) is 12.2. The molecule has 0 N–H and O–H groups in total. The fourth-order valence-electron chi connectivity index (χ4n) is 4.53. The second kappa shape index (κ2) is 11.4. The smallest absolute Gasteiger partial charge is 0.125 e. The Morgan fingerprint density at radius 3 is 2.32 bits per heavy atom. The van der Waals surface area contributed by atoms with Gasteiger partial charge in [0.2, 0.25) is 0 Å². The Kier molecular flexibility index (Phi) is 8.07.